The van der Waals surface area contributed by atoms with E-state index in [0.29, 0.717) is 41.2 Å². The van der Waals surface area contributed by atoms with Crippen LogP contribution in [-0.2, 0) is 16.0 Å². The highest BCUT2D eigenvalue weighted by Crippen LogP contribution is 2.31. The molecule has 4 rings (SSSR count). The lowest BCUT2D eigenvalue weighted by Crippen LogP contribution is -2.38. The summed E-state index contributed by atoms with van der Waals surface area (Å²) in [7, 11) is 0. The number of hydrogen-bond acceptors (Lipinski definition) is 8. The molecule has 0 unspecified atom stereocenters. The van der Waals surface area contributed by atoms with Crippen molar-refractivity contribution in [2.45, 2.75) is 19.8 Å². The fraction of sp³-hybridized carbons (Fsp3) is 0.227. The number of nitro groups is 1. The van der Waals surface area contributed by atoms with Gasteiger partial charge in [0.25, 0.3) is 17.5 Å². The van der Waals surface area contributed by atoms with Crippen LogP contribution in [0.15, 0.2) is 47.1 Å². The van der Waals surface area contributed by atoms with Gasteiger partial charge in [0.1, 0.15) is 4.88 Å². The van der Waals surface area contributed by atoms with E-state index in [-0.39, 0.29) is 16.3 Å². The Morgan fingerprint density at radius 3 is 2.82 bits per heavy atom. The van der Waals surface area contributed by atoms with Crippen LogP contribution in [0.4, 0.5) is 16.4 Å². The predicted octanol–water partition coefficient (Wildman–Crippen LogP) is 3.95. The number of nitro benzene ring substituents is 1. The second-order valence-corrected chi connectivity index (χ2v) is 8.40. The number of aryl methyl sites for hydroxylation is 2. The number of thiophene rings is 1. The van der Waals surface area contributed by atoms with Crippen molar-refractivity contribution in [1.82, 2.24) is 0 Å². The number of carbonyl (C=O) groups is 3. The highest BCUT2D eigenvalue weighted by Gasteiger charge is 2.26. The summed E-state index contributed by atoms with van der Waals surface area (Å²) in [6.07, 6.45) is 2.66. The number of anilines is 2. The molecule has 0 atom stereocenters. The molecule has 0 radical (unpaired) electrons. The van der Waals surface area contributed by atoms with E-state index >= 15 is 0 Å². The lowest BCUT2D eigenvalue weighted by atomic mass is 10.0. The number of esters is 1. The number of rotatable bonds is 6. The van der Waals surface area contributed by atoms with Gasteiger partial charge in [0.05, 0.1) is 16.2 Å². The van der Waals surface area contributed by atoms with E-state index in [1.54, 1.807) is 25.1 Å². The van der Waals surface area contributed by atoms with Crippen LogP contribution in [0.2, 0.25) is 0 Å². The summed E-state index contributed by atoms with van der Waals surface area (Å²) in [6, 6.07) is 9.11. The van der Waals surface area contributed by atoms with Gasteiger partial charge in [0, 0.05) is 24.4 Å². The Morgan fingerprint density at radius 2 is 2.09 bits per heavy atom. The monoisotopic (exact) mass is 469 g/mol. The Hall–Kier alpha value is -3.99. The first-order chi connectivity index (χ1) is 15.8. The third-order valence-corrected chi connectivity index (χ3v) is 6.24. The van der Waals surface area contributed by atoms with Gasteiger partial charge in [-0.15, -0.1) is 11.3 Å². The van der Waals surface area contributed by atoms with E-state index in [0.717, 1.165) is 11.3 Å². The molecular formula is C22H19N3O7S. The molecule has 33 heavy (non-hydrogen) atoms. The molecule has 0 saturated heterocycles. The normalized spacial score (nSPS) is 12.7. The van der Waals surface area contributed by atoms with E-state index in [4.69, 9.17) is 9.15 Å². The first kappa shape index (κ1) is 22.2. The van der Waals surface area contributed by atoms with Gasteiger partial charge in [-0.1, -0.05) is 0 Å². The number of amides is 2. The van der Waals surface area contributed by atoms with Gasteiger partial charge in [-0.25, -0.2) is 4.79 Å². The topological polar surface area (TPSA) is 132 Å². The third-order valence-electron chi connectivity index (χ3n) is 5.11. The fourth-order valence-electron chi connectivity index (χ4n) is 3.55. The lowest BCUT2D eigenvalue weighted by Gasteiger charge is -2.29. The van der Waals surface area contributed by atoms with Gasteiger partial charge < -0.3 is 19.4 Å². The molecule has 11 heteroatoms. The van der Waals surface area contributed by atoms with E-state index in [1.807, 2.05) is 0 Å². The maximum absolute atomic E-state index is 12.7. The van der Waals surface area contributed by atoms with Crippen LogP contribution >= 0.6 is 11.3 Å². The number of carbonyl (C=O) groups excluding carboxylic acids is 3. The van der Waals surface area contributed by atoms with Crippen molar-refractivity contribution in [3.63, 3.8) is 0 Å². The summed E-state index contributed by atoms with van der Waals surface area (Å²) >= 11 is 1.04. The molecule has 0 bridgehead atoms. The van der Waals surface area contributed by atoms with Crippen molar-refractivity contribution in [1.29, 1.82) is 0 Å². The van der Waals surface area contributed by atoms with Gasteiger partial charge in [-0.05, 0) is 55.2 Å². The maximum Gasteiger partial charge on any atom is 0.349 e. The summed E-state index contributed by atoms with van der Waals surface area (Å²) < 4.78 is 10.3. The van der Waals surface area contributed by atoms with E-state index in [9.17, 15) is 24.5 Å². The van der Waals surface area contributed by atoms with Crippen molar-refractivity contribution in [2.75, 3.05) is 23.4 Å². The molecule has 3 heterocycles. The molecule has 170 valence electrons. The van der Waals surface area contributed by atoms with Crippen LogP contribution in [0.25, 0.3) is 0 Å². The molecule has 1 N–H and O–H groups in total. The number of non-ortho nitro benzene ring substituents is 1. The molecule has 0 aliphatic carbocycles. The first-order valence-electron chi connectivity index (χ1n) is 10.0. The van der Waals surface area contributed by atoms with Crippen molar-refractivity contribution in [3.8, 4) is 0 Å². The van der Waals surface area contributed by atoms with Gasteiger partial charge in [0.15, 0.2) is 12.4 Å². The van der Waals surface area contributed by atoms with Crippen LogP contribution in [-0.4, -0.2) is 35.9 Å². The number of nitrogens with zero attached hydrogens (tertiary/aromatic N) is 2. The zero-order chi connectivity index (χ0) is 23.5. The van der Waals surface area contributed by atoms with Crippen LogP contribution in [0.1, 0.15) is 37.8 Å². The standard InChI is InChI=1S/C22H19N3O7S/c1-13-10-18(23-21(27)17-5-3-9-31-17)33-20(13)22(28)32-12-19(26)24-8-2-4-14-11-15(25(29)30)6-7-16(14)24/h3,5-7,9-11H,2,4,8,12H2,1H3,(H,23,27). The number of nitrogens with one attached hydrogen (secondary N) is 1. The van der Waals surface area contributed by atoms with Gasteiger partial charge in [0.2, 0.25) is 0 Å². The number of ether oxygens (including phenoxy) is 1. The van der Waals surface area contributed by atoms with Crippen LogP contribution < -0.4 is 10.2 Å². The minimum Gasteiger partial charge on any atom is -0.459 e. The lowest BCUT2D eigenvalue weighted by molar-refractivity contribution is -0.384. The summed E-state index contributed by atoms with van der Waals surface area (Å²) in [5.74, 6) is -1.40. The summed E-state index contributed by atoms with van der Waals surface area (Å²) in [4.78, 5) is 49.7. The number of fused-ring (bicyclic) bond motifs is 1. The van der Waals surface area contributed by atoms with Gasteiger partial charge in [-0.2, -0.15) is 0 Å². The molecule has 0 fully saturated rings. The second-order valence-electron chi connectivity index (χ2n) is 7.35. The molecule has 1 aliphatic heterocycles. The zero-order valence-electron chi connectivity index (χ0n) is 17.5. The molecule has 3 aromatic rings. The molecule has 2 aromatic heterocycles. The Labute approximate surface area is 191 Å². The minimum absolute atomic E-state index is 0.0300. The summed E-state index contributed by atoms with van der Waals surface area (Å²) in [5, 5.41) is 14.1. The van der Waals surface area contributed by atoms with Crippen molar-refractivity contribution in [2.24, 2.45) is 0 Å². The highest BCUT2D eigenvalue weighted by atomic mass is 32.1. The summed E-state index contributed by atoms with van der Waals surface area (Å²) in [6.45, 7) is 1.66. The minimum atomic E-state index is -0.676. The van der Waals surface area contributed by atoms with E-state index in [1.165, 1.54) is 29.4 Å². The Kier molecular flexibility index (Phi) is 6.22. The van der Waals surface area contributed by atoms with E-state index in [2.05, 4.69) is 5.32 Å². The zero-order valence-corrected chi connectivity index (χ0v) is 18.3. The number of benzene rings is 1. The van der Waals surface area contributed by atoms with Crippen LogP contribution in [0, 0.1) is 17.0 Å². The van der Waals surface area contributed by atoms with Gasteiger partial charge in [-0.3, -0.25) is 19.7 Å². The molecule has 0 spiro atoms. The average molecular weight is 469 g/mol. The first-order valence-corrected chi connectivity index (χ1v) is 10.8. The number of furan rings is 1. The molecule has 1 aliphatic rings. The smallest absolute Gasteiger partial charge is 0.349 e. The molecule has 10 nitrogen and oxygen atoms in total. The Morgan fingerprint density at radius 1 is 1.27 bits per heavy atom. The van der Waals surface area contributed by atoms with E-state index < -0.39 is 29.3 Å². The average Bonchev–Trinajstić information content (AvgIpc) is 3.46. The van der Waals surface area contributed by atoms with Crippen molar-refractivity contribution < 1.29 is 28.5 Å². The second kappa shape index (κ2) is 9.25. The van der Waals surface area contributed by atoms with Crippen LogP contribution in [0.5, 0.6) is 0 Å². The Bertz CT molecular complexity index is 1230. The van der Waals surface area contributed by atoms with Crippen molar-refractivity contribution >= 4 is 45.5 Å². The maximum atomic E-state index is 12.7. The highest BCUT2D eigenvalue weighted by molar-refractivity contribution is 7.18. The molecule has 2 amide bonds. The van der Waals surface area contributed by atoms with Gasteiger partial charge >= 0.3 is 5.97 Å². The molecular weight excluding hydrogens is 450 g/mol. The van der Waals surface area contributed by atoms with Crippen LogP contribution in [0.3, 0.4) is 0 Å². The fourth-order valence-corrected chi connectivity index (χ4v) is 4.52. The molecule has 0 saturated carbocycles. The summed E-state index contributed by atoms with van der Waals surface area (Å²) in [5.41, 5.74) is 1.87. The number of hydrogen-bond donors (Lipinski definition) is 1. The predicted molar refractivity (Wildman–Crippen MR) is 120 cm³/mol. The largest absolute Gasteiger partial charge is 0.459 e. The van der Waals surface area contributed by atoms with Crippen molar-refractivity contribution in [3.05, 3.63) is 74.5 Å². The SMILES string of the molecule is Cc1cc(NC(=O)c2ccco2)sc1C(=O)OCC(=O)N1CCCc2cc([N+](=O)[O-])ccc21. The Balaban J connectivity index is 1.39. The third kappa shape index (κ3) is 4.77. The molecule has 1 aromatic carbocycles. The quantitative estimate of drug-likeness (QED) is 0.328.